The van der Waals surface area contributed by atoms with Gasteiger partial charge in [-0.05, 0) is 12.1 Å². The van der Waals surface area contributed by atoms with E-state index in [1.807, 2.05) is 12.1 Å². The van der Waals surface area contributed by atoms with Crippen LogP contribution in [0.3, 0.4) is 0 Å². The number of hydrogen-bond acceptors (Lipinski definition) is 2. The molecule has 0 bridgehead atoms. The predicted molar refractivity (Wildman–Crippen MR) is 67.6 cm³/mol. The number of aromatic nitrogens is 1. The van der Waals surface area contributed by atoms with E-state index in [1.165, 1.54) is 4.90 Å². The standard InChI is InChI=1S/C13H14N2O3/c1-14(2)11(16)8-15-7-6-9-4-3-5-10(12(9)15)13(17)18/h3-7H,8H2,1-2H3,(H,17,18). The lowest BCUT2D eigenvalue weighted by Crippen LogP contribution is -2.26. The van der Waals surface area contributed by atoms with Crippen LogP contribution >= 0.6 is 0 Å². The summed E-state index contributed by atoms with van der Waals surface area (Å²) in [5, 5.41) is 9.98. The van der Waals surface area contributed by atoms with Crippen molar-refractivity contribution in [1.82, 2.24) is 9.47 Å². The van der Waals surface area contributed by atoms with Crippen LogP contribution in [0.2, 0.25) is 0 Å². The largest absolute Gasteiger partial charge is 0.478 e. The fraction of sp³-hybridized carbons (Fsp3) is 0.231. The minimum Gasteiger partial charge on any atom is -0.478 e. The molecule has 1 amide bonds. The maximum Gasteiger partial charge on any atom is 0.337 e. The minimum atomic E-state index is -0.988. The Morgan fingerprint density at radius 3 is 2.61 bits per heavy atom. The summed E-state index contributed by atoms with van der Waals surface area (Å²) in [6.45, 7) is 0.140. The number of carboxylic acids is 1. The Bertz CT molecular complexity index is 614. The predicted octanol–water partition coefficient (Wildman–Crippen LogP) is 1.43. The van der Waals surface area contributed by atoms with E-state index >= 15 is 0 Å². The number of hydrogen-bond donors (Lipinski definition) is 1. The lowest BCUT2D eigenvalue weighted by atomic mass is 10.1. The number of rotatable bonds is 3. The van der Waals surface area contributed by atoms with Gasteiger partial charge in [-0.15, -0.1) is 0 Å². The third-order valence-electron chi connectivity index (χ3n) is 2.82. The van der Waals surface area contributed by atoms with Crippen LogP contribution < -0.4 is 0 Å². The minimum absolute atomic E-state index is 0.0762. The molecular weight excluding hydrogens is 232 g/mol. The summed E-state index contributed by atoms with van der Waals surface area (Å²) in [6, 6.07) is 6.88. The molecule has 18 heavy (non-hydrogen) atoms. The molecule has 0 radical (unpaired) electrons. The molecule has 0 unspecified atom stereocenters. The molecule has 1 N–H and O–H groups in total. The second-order valence-corrected chi connectivity index (χ2v) is 4.28. The van der Waals surface area contributed by atoms with E-state index in [0.29, 0.717) is 5.52 Å². The molecule has 5 heteroatoms. The Hall–Kier alpha value is -2.30. The third-order valence-corrected chi connectivity index (χ3v) is 2.82. The molecule has 0 aliphatic carbocycles. The van der Waals surface area contributed by atoms with E-state index in [0.717, 1.165) is 5.39 Å². The lowest BCUT2D eigenvalue weighted by molar-refractivity contribution is -0.129. The van der Waals surface area contributed by atoms with Gasteiger partial charge in [0.05, 0.1) is 11.1 Å². The Morgan fingerprint density at radius 1 is 1.28 bits per heavy atom. The van der Waals surface area contributed by atoms with Gasteiger partial charge >= 0.3 is 5.97 Å². The number of amides is 1. The Morgan fingerprint density at radius 2 is 2.00 bits per heavy atom. The first-order chi connectivity index (χ1) is 8.50. The number of fused-ring (bicyclic) bond motifs is 1. The van der Waals surface area contributed by atoms with Gasteiger partial charge in [0.1, 0.15) is 6.54 Å². The smallest absolute Gasteiger partial charge is 0.337 e. The number of likely N-dealkylation sites (N-methyl/N-ethyl adjacent to an activating group) is 1. The molecule has 0 fully saturated rings. The number of para-hydroxylation sites is 1. The van der Waals surface area contributed by atoms with Crippen molar-refractivity contribution in [2.24, 2.45) is 0 Å². The van der Waals surface area contributed by atoms with E-state index in [9.17, 15) is 9.59 Å². The highest BCUT2D eigenvalue weighted by Crippen LogP contribution is 2.20. The third kappa shape index (κ3) is 2.07. The van der Waals surface area contributed by atoms with Gasteiger partial charge < -0.3 is 14.6 Å². The van der Waals surface area contributed by atoms with E-state index in [1.54, 1.807) is 37.0 Å². The van der Waals surface area contributed by atoms with E-state index in [2.05, 4.69) is 0 Å². The van der Waals surface area contributed by atoms with Crippen LogP contribution in [0.5, 0.6) is 0 Å². The average molecular weight is 246 g/mol. The van der Waals surface area contributed by atoms with Crippen LogP contribution in [-0.4, -0.2) is 40.5 Å². The summed E-state index contributed by atoms with van der Waals surface area (Å²) in [5.74, 6) is -1.06. The second kappa shape index (κ2) is 4.52. The highest BCUT2D eigenvalue weighted by molar-refractivity contribution is 6.02. The molecule has 0 aliphatic heterocycles. The number of carbonyl (C=O) groups is 2. The van der Waals surface area contributed by atoms with E-state index < -0.39 is 5.97 Å². The Balaban J connectivity index is 2.52. The molecule has 1 aromatic carbocycles. The Labute approximate surface area is 104 Å². The van der Waals surface area contributed by atoms with Crippen molar-refractivity contribution in [3.05, 3.63) is 36.0 Å². The summed E-state index contributed by atoms with van der Waals surface area (Å²) in [7, 11) is 3.35. The number of nitrogens with zero attached hydrogens (tertiary/aromatic N) is 2. The van der Waals surface area contributed by atoms with Gasteiger partial charge in [-0.2, -0.15) is 0 Å². The quantitative estimate of drug-likeness (QED) is 0.891. The molecule has 0 aliphatic rings. The van der Waals surface area contributed by atoms with Crippen LogP contribution in [0.15, 0.2) is 30.5 Å². The molecule has 5 nitrogen and oxygen atoms in total. The fourth-order valence-corrected chi connectivity index (χ4v) is 1.85. The lowest BCUT2D eigenvalue weighted by Gasteiger charge is -2.12. The van der Waals surface area contributed by atoms with Crippen molar-refractivity contribution >= 4 is 22.8 Å². The van der Waals surface area contributed by atoms with Crippen LogP contribution in [0, 0.1) is 0 Å². The van der Waals surface area contributed by atoms with Crippen molar-refractivity contribution in [3.8, 4) is 0 Å². The number of benzene rings is 1. The van der Waals surface area contributed by atoms with Crippen LogP contribution in [0.1, 0.15) is 10.4 Å². The zero-order valence-electron chi connectivity index (χ0n) is 10.3. The highest BCUT2D eigenvalue weighted by atomic mass is 16.4. The SMILES string of the molecule is CN(C)C(=O)Cn1ccc2cccc(C(=O)O)c21. The van der Waals surface area contributed by atoms with E-state index in [-0.39, 0.29) is 18.0 Å². The van der Waals surface area contributed by atoms with Crippen molar-refractivity contribution in [2.45, 2.75) is 6.54 Å². The highest BCUT2D eigenvalue weighted by Gasteiger charge is 2.14. The van der Waals surface area contributed by atoms with Gasteiger partial charge in [0.15, 0.2) is 0 Å². The first kappa shape index (κ1) is 12.2. The maximum absolute atomic E-state index is 11.7. The molecular formula is C13H14N2O3. The number of carbonyl (C=O) groups excluding carboxylic acids is 1. The van der Waals surface area contributed by atoms with Crippen molar-refractivity contribution in [3.63, 3.8) is 0 Å². The molecule has 1 heterocycles. The normalized spacial score (nSPS) is 10.6. The fourth-order valence-electron chi connectivity index (χ4n) is 1.85. The summed E-state index contributed by atoms with van der Waals surface area (Å²) in [6.07, 6.45) is 1.73. The summed E-state index contributed by atoms with van der Waals surface area (Å²) in [5.41, 5.74) is 0.796. The molecule has 0 spiro atoms. The average Bonchev–Trinajstić information content (AvgIpc) is 2.72. The summed E-state index contributed by atoms with van der Waals surface area (Å²) >= 11 is 0. The van der Waals surface area contributed by atoms with Gasteiger partial charge in [-0.25, -0.2) is 4.79 Å². The van der Waals surface area contributed by atoms with Crippen LogP contribution in [-0.2, 0) is 11.3 Å². The van der Waals surface area contributed by atoms with Gasteiger partial charge in [0.25, 0.3) is 0 Å². The van der Waals surface area contributed by atoms with Crippen LogP contribution in [0.25, 0.3) is 10.9 Å². The Kier molecular flexibility index (Phi) is 3.06. The topological polar surface area (TPSA) is 62.5 Å². The zero-order valence-corrected chi connectivity index (χ0v) is 10.3. The van der Waals surface area contributed by atoms with Crippen molar-refractivity contribution < 1.29 is 14.7 Å². The molecule has 2 rings (SSSR count). The molecule has 0 saturated heterocycles. The van der Waals surface area contributed by atoms with Gasteiger partial charge in [-0.3, -0.25) is 4.79 Å². The van der Waals surface area contributed by atoms with Crippen molar-refractivity contribution in [2.75, 3.05) is 14.1 Å². The number of aromatic carboxylic acids is 1. The number of carboxylic acid groups (broad SMARTS) is 1. The molecule has 0 saturated carbocycles. The molecule has 2 aromatic rings. The second-order valence-electron chi connectivity index (χ2n) is 4.28. The zero-order chi connectivity index (χ0) is 13.3. The maximum atomic E-state index is 11.7. The van der Waals surface area contributed by atoms with Gasteiger partial charge in [-0.1, -0.05) is 12.1 Å². The van der Waals surface area contributed by atoms with Gasteiger partial charge in [0.2, 0.25) is 5.91 Å². The van der Waals surface area contributed by atoms with Crippen LogP contribution in [0.4, 0.5) is 0 Å². The molecule has 94 valence electrons. The molecule has 0 atom stereocenters. The summed E-state index contributed by atoms with van der Waals surface area (Å²) in [4.78, 5) is 24.4. The summed E-state index contributed by atoms with van der Waals surface area (Å²) < 4.78 is 1.67. The molecule has 1 aromatic heterocycles. The van der Waals surface area contributed by atoms with Gasteiger partial charge in [0, 0.05) is 25.7 Å². The van der Waals surface area contributed by atoms with Crippen molar-refractivity contribution in [1.29, 1.82) is 0 Å². The monoisotopic (exact) mass is 246 g/mol. The first-order valence-corrected chi connectivity index (χ1v) is 5.52. The van der Waals surface area contributed by atoms with E-state index in [4.69, 9.17) is 5.11 Å². The first-order valence-electron chi connectivity index (χ1n) is 5.52.